The van der Waals surface area contributed by atoms with Crippen LogP contribution in [0.3, 0.4) is 0 Å². The van der Waals surface area contributed by atoms with Gasteiger partial charge in [0.1, 0.15) is 0 Å². The van der Waals surface area contributed by atoms with Crippen LogP contribution in [0.4, 0.5) is 0 Å². The first-order valence-corrected chi connectivity index (χ1v) is 10.2. The maximum Gasteiger partial charge on any atom is 0.251 e. The van der Waals surface area contributed by atoms with Gasteiger partial charge < -0.3 is 10.1 Å². The maximum atomic E-state index is 12.8. The number of nitrogens with zero attached hydrogens (tertiary/aromatic N) is 2. The standard InChI is InChI=1S/C22H21Cl2N3O2/c1-29-21-17(23)10-15(11-18(21)24)22(28)26-19-8-5-9-20-16(19)12-25-27(20)13-14-6-3-2-4-7-14/h2-4,6-7,10-12,19H,5,8-9,13H2,1H3,(H,26,28). The van der Waals surface area contributed by atoms with Crippen molar-refractivity contribution in [1.82, 2.24) is 15.1 Å². The van der Waals surface area contributed by atoms with Crippen molar-refractivity contribution in [3.8, 4) is 5.75 Å². The second-order valence-electron chi connectivity index (χ2n) is 7.08. The fourth-order valence-corrected chi connectivity index (χ4v) is 4.43. The van der Waals surface area contributed by atoms with Gasteiger partial charge in [-0.15, -0.1) is 0 Å². The first-order valence-electron chi connectivity index (χ1n) is 9.49. The summed E-state index contributed by atoms with van der Waals surface area (Å²) in [6, 6.07) is 13.3. The molecule has 2 aromatic carbocycles. The highest BCUT2D eigenvalue weighted by atomic mass is 35.5. The first-order chi connectivity index (χ1) is 14.1. The van der Waals surface area contributed by atoms with E-state index >= 15 is 0 Å². The molecule has 1 heterocycles. The van der Waals surface area contributed by atoms with Gasteiger partial charge in [0.15, 0.2) is 5.75 Å². The van der Waals surface area contributed by atoms with Crippen LogP contribution in [0, 0.1) is 0 Å². The van der Waals surface area contributed by atoms with E-state index in [-0.39, 0.29) is 11.9 Å². The van der Waals surface area contributed by atoms with Crippen LogP contribution in [0.1, 0.15) is 46.1 Å². The van der Waals surface area contributed by atoms with Gasteiger partial charge in [0.2, 0.25) is 0 Å². The highest BCUT2D eigenvalue weighted by Gasteiger charge is 2.26. The van der Waals surface area contributed by atoms with Crippen molar-refractivity contribution in [3.05, 3.63) is 81.1 Å². The number of halogens is 2. The number of methoxy groups -OCH3 is 1. The van der Waals surface area contributed by atoms with Crippen LogP contribution in [0.2, 0.25) is 10.0 Å². The SMILES string of the molecule is COc1c(Cl)cc(C(=O)NC2CCCc3c2cnn3Cc2ccccc2)cc1Cl. The summed E-state index contributed by atoms with van der Waals surface area (Å²) >= 11 is 12.4. The summed E-state index contributed by atoms with van der Waals surface area (Å²) in [6.45, 7) is 0.723. The third-order valence-corrected chi connectivity index (χ3v) is 5.77. The first kappa shape index (κ1) is 19.8. The molecule has 5 nitrogen and oxygen atoms in total. The zero-order valence-electron chi connectivity index (χ0n) is 16.0. The lowest BCUT2D eigenvalue weighted by atomic mass is 9.92. The second-order valence-corrected chi connectivity index (χ2v) is 7.90. The summed E-state index contributed by atoms with van der Waals surface area (Å²) < 4.78 is 7.18. The van der Waals surface area contributed by atoms with Crippen molar-refractivity contribution >= 4 is 29.1 Å². The van der Waals surface area contributed by atoms with Gasteiger partial charge >= 0.3 is 0 Å². The Balaban J connectivity index is 1.54. The van der Waals surface area contributed by atoms with Crippen LogP contribution in [0.25, 0.3) is 0 Å². The van der Waals surface area contributed by atoms with Gasteiger partial charge in [-0.3, -0.25) is 9.48 Å². The molecule has 1 amide bonds. The minimum atomic E-state index is -0.217. The van der Waals surface area contributed by atoms with Crippen LogP contribution in [-0.2, 0) is 13.0 Å². The summed E-state index contributed by atoms with van der Waals surface area (Å²) in [4.78, 5) is 12.8. The lowest BCUT2D eigenvalue weighted by Crippen LogP contribution is -2.31. The Morgan fingerprint density at radius 2 is 1.97 bits per heavy atom. The number of amides is 1. The van der Waals surface area contributed by atoms with Gasteiger partial charge in [-0.1, -0.05) is 53.5 Å². The third-order valence-electron chi connectivity index (χ3n) is 5.21. The zero-order chi connectivity index (χ0) is 20.4. The topological polar surface area (TPSA) is 56.1 Å². The summed E-state index contributed by atoms with van der Waals surface area (Å²) in [5.41, 5.74) is 3.86. The van der Waals surface area contributed by atoms with Crippen molar-refractivity contribution in [2.24, 2.45) is 0 Å². The number of hydrogen-bond acceptors (Lipinski definition) is 3. The molecule has 1 aromatic heterocycles. The molecular weight excluding hydrogens is 409 g/mol. The van der Waals surface area contributed by atoms with Crippen LogP contribution in [0.5, 0.6) is 5.75 Å². The van der Waals surface area contributed by atoms with Crippen LogP contribution in [0.15, 0.2) is 48.7 Å². The van der Waals surface area contributed by atoms with E-state index in [2.05, 4.69) is 22.5 Å². The second kappa shape index (κ2) is 8.47. The third kappa shape index (κ3) is 4.11. The fourth-order valence-electron chi connectivity index (χ4n) is 3.79. The van der Waals surface area contributed by atoms with E-state index in [0.29, 0.717) is 21.4 Å². The predicted octanol–water partition coefficient (Wildman–Crippen LogP) is 5.05. The van der Waals surface area contributed by atoms with Crippen LogP contribution >= 0.6 is 23.2 Å². The largest absolute Gasteiger partial charge is 0.494 e. The molecule has 0 radical (unpaired) electrons. The minimum Gasteiger partial charge on any atom is -0.494 e. The van der Waals surface area contributed by atoms with E-state index < -0.39 is 0 Å². The number of aromatic nitrogens is 2. The predicted molar refractivity (Wildman–Crippen MR) is 114 cm³/mol. The lowest BCUT2D eigenvalue weighted by molar-refractivity contribution is 0.0932. The molecule has 0 saturated heterocycles. The molecular formula is C22H21Cl2N3O2. The highest BCUT2D eigenvalue weighted by molar-refractivity contribution is 6.37. The molecule has 0 fully saturated rings. The quantitative estimate of drug-likeness (QED) is 0.616. The fraction of sp³-hybridized carbons (Fsp3) is 0.273. The Hall–Kier alpha value is -2.50. The number of rotatable bonds is 5. The number of benzene rings is 2. The lowest BCUT2D eigenvalue weighted by Gasteiger charge is -2.24. The average molecular weight is 430 g/mol. The summed E-state index contributed by atoms with van der Waals surface area (Å²) in [7, 11) is 1.49. The number of fused-ring (bicyclic) bond motifs is 1. The molecule has 1 N–H and O–H groups in total. The number of carbonyl (C=O) groups is 1. The Morgan fingerprint density at radius 1 is 1.24 bits per heavy atom. The molecule has 0 saturated carbocycles. The van der Waals surface area contributed by atoms with E-state index in [1.165, 1.54) is 18.4 Å². The smallest absolute Gasteiger partial charge is 0.251 e. The van der Waals surface area contributed by atoms with Gasteiger partial charge in [-0.2, -0.15) is 5.10 Å². The molecule has 1 unspecified atom stereocenters. The Morgan fingerprint density at radius 3 is 2.66 bits per heavy atom. The van der Waals surface area contributed by atoms with Gasteiger partial charge in [0.25, 0.3) is 5.91 Å². The van der Waals surface area contributed by atoms with Crippen molar-refractivity contribution in [2.45, 2.75) is 31.8 Å². The van der Waals surface area contributed by atoms with Crippen LogP contribution in [-0.4, -0.2) is 22.8 Å². The molecule has 29 heavy (non-hydrogen) atoms. The molecule has 1 atom stereocenters. The number of hydrogen-bond donors (Lipinski definition) is 1. The van der Waals surface area contributed by atoms with Crippen LogP contribution < -0.4 is 10.1 Å². The molecule has 1 aliphatic carbocycles. The molecule has 4 rings (SSSR count). The normalized spacial score (nSPS) is 15.6. The van der Waals surface area contributed by atoms with Gasteiger partial charge in [-0.25, -0.2) is 0 Å². The van der Waals surface area contributed by atoms with Crippen molar-refractivity contribution < 1.29 is 9.53 Å². The van der Waals surface area contributed by atoms with Gasteiger partial charge in [-0.05, 0) is 37.0 Å². The van der Waals surface area contributed by atoms with Gasteiger partial charge in [0, 0.05) is 16.8 Å². The Kier molecular flexibility index (Phi) is 5.79. The van der Waals surface area contributed by atoms with E-state index in [9.17, 15) is 4.79 Å². The van der Waals surface area contributed by atoms with E-state index in [0.717, 1.165) is 31.4 Å². The van der Waals surface area contributed by atoms with Crippen molar-refractivity contribution in [3.63, 3.8) is 0 Å². The summed E-state index contributed by atoms with van der Waals surface area (Å²) in [5, 5.41) is 8.31. The highest BCUT2D eigenvalue weighted by Crippen LogP contribution is 2.35. The van der Waals surface area contributed by atoms with E-state index in [4.69, 9.17) is 27.9 Å². The number of carbonyl (C=O) groups excluding carboxylic acids is 1. The molecule has 0 spiro atoms. The van der Waals surface area contributed by atoms with Crippen molar-refractivity contribution in [1.29, 1.82) is 0 Å². The molecule has 7 heteroatoms. The Bertz CT molecular complexity index is 1010. The Labute approximate surface area is 179 Å². The number of ether oxygens (including phenoxy) is 1. The summed E-state index contributed by atoms with van der Waals surface area (Å²) in [5.74, 6) is 0.150. The monoisotopic (exact) mass is 429 g/mol. The molecule has 3 aromatic rings. The van der Waals surface area contributed by atoms with E-state index in [1.807, 2.05) is 29.1 Å². The minimum absolute atomic E-state index is 0.0876. The molecule has 150 valence electrons. The van der Waals surface area contributed by atoms with Crippen molar-refractivity contribution in [2.75, 3.05) is 7.11 Å². The molecule has 0 aliphatic heterocycles. The zero-order valence-corrected chi connectivity index (χ0v) is 17.5. The molecule has 0 bridgehead atoms. The summed E-state index contributed by atoms with van der Waals surface area (Å²) in [6.07, 6.45) is 4.68. The van der Waals surface area contributed by atoms with E-state index in [1.54, 1.807) is 12.1 Å². The average Bonchev–Trinajstić information content (AvgIpc) is 3.12. The van der Waals surface area contributed by atoms with Gasteiger partial charge in [0.05, 0.1) is 35.9 Å². The maximum absolute atomic E-state index is 12.8. The number of nitrogens with one attached hydrogen (secondary N) is 1. The molecule has 1 aliphatic rings.